The summed E-state index contributed by atoms with van der Waals surface area (Å²) in [6, 6.07) is 3.86. The standard InChI is InChI=1S/C15H22N6O/c1-11(2)9-14(13-5-4-7-16-10-13)17-15(22)6-8-21-12(3)18-19-20-21/h4-5,7,10-11,14H,6,8-9H2,1-3H3,(H,17,22). The number of carbonyl (C=O) groups is 1. The molecule has 0 aliphatic carbocycles. The molecule has 1 N–H and O–H groups in total. The Hall–Kier alpha value is -2.31. The van der Waals surface area contributed by atoms with Gasteiger partial charge >= 0.3 is 0 Å². The summed E-state index contributed by atoms with van der Waals surface area (Å²) in [6.07, 6.45) is 4.76. The zero-order chi connectivity index (χ0) is 15.9. The second-order valence-electron chi connectivity index (χ2n) is 5.74. The number of aromatic nitrogens is 5. The summed E-state index contributed by atoms with van der Waals surface area (Å²) in [5.41, 5.74) is 1.03. The Bertz CT molecular complexity index is 595. The van der Waals surface area contributed by atoms with E-state index in [2.05, 4.69) is 39.7 Å². The van der Waals surface area contributed by atoms with Gasteiger partial charge in [-0.1, -0.05) is 19.9 Å². The predicted molar refractivity (Wildman–Crippen MR) is 81.7 cm³/mol. The lowest BCUT2D eigenvalue weighted by Gasteiger charge is -2.20. The van der Waals surface area contributed by atoms with Gasteiger partial charge in [-0.05, 0) is 41.3 Å². The van der Waals surface area contributed by atoms with Gasteiger partial charge in [0.05, 0.1) is 12.6 Å². The molecule has 1 atom stereocenters. The number of rotatable bonds is 7. The number of nitrogens with one attached hydrogen (secondary N) is 1. The van der Waals surface area contributed by atoms with E-state index in [1.807, 2.05) is 19.1 Å². The van der Waals surface area contributed by atoms with Crippen molar-refractivity contribution in [3.8, 4) is 0 Å². The Balaban J connectivity index is 1.95. The minimum absolute atomic E-state index is 0.00981. The maximum Gasteiger partial charge on any atom is 0.222 e. The highest BCUT2D eigenvalue weighted by molar-refractivity contribution is 5.76. The van der Waals surface area contributed by atoms with Crippen molar-refractivity contribution in [3.05, 3.63) is 35.9 Å². The smallest absolute Gasteiger partial charge is 0.222 e. The third-order valence-electron chi connectivity index (χ3n) is 3.39. The molecular weight excluding hydrogens is 280 g/mol. The van der Waals surface area contributed by atoms with Gasteiger partial charge in [0.2, 0.25) is 5.91 Å². The SMILES string of the molecule is Cc1nnnn1CCC(=O)NC(CC(C)C)c1cccnc1. The summed E-state index contributed by atoms with van der Waals surface area (Å²) in [7, 11) is 0. The number of nitrogens with zero attached hydrogens (tertiary/aromatic N) is 5. The molecule has 0 fully saturated rings. The Kier molecular flexibility index (Phi) is 5.57. The topological polar surface area (TPSA) is 85.6 Å². The predicted octanol–water partition coefficient (Wildman–Crippen LogP) is 1.67. The molecule has 22 heavy (non-hydrogen) atoms. The minimum Gasteiger partial charge on any atom is -0.349 e. The van der Waals surface area contributed by atoms with Crippen molar-refractivity contribution >= 4 is 5.91 Å². The molecule has 2 heterocycles. The van der Waals surface area contributed by atoms with Crippen molar-refractivity contribution in [2.24, 2.45) is 5.92 Å². The lowest BCUT2D eigenvalue weighted by molar-refractivity contribution is -0.122. The monoisotopic (exact) mass is 302 g/mol. The summed E-state index contributed by atoms with van der Waals surface area (Å²) in [5.74, 6) is 1.18. The molecule has 7 nitrogen and oxygen atoms in total. The maximum atomic E-state index is 12.2. The fraction of sp³-hybridized carbons (Fsp3) is 0.533. The van der Waals surface area contributed by atoms with Crippen molar-refractivity contribution in [2.45, 2.75) is 46.2 Å². The van der Waals surface area contributed by atoms with E-state index in [4.69, 9.17) is 0 Å². The zero-order valence-corrected chi connectivity index (χ0v) is 13.2. The highest BCUT2D eigenvalue weighted by atomic mass is 16.1. The molecule has 0 spiro atoms. The molecule has 0 saturated heterocycles. The van der Waals surface area contributed by atoms with Crippen LogP contribution in [0.25, 0.3) is 0 Å². The summed E-state index contributed by atoms with van der Waals surface area (Å²) in [4.78, 5) is 16.3. The molecule has 0 aliphatic heterocycles. The first-order chi connectivity index (χ1) is 10.6. The van der Waals surface area contributed by atoms with E-state index in [0.29, 0.717) is 24.7 Å². The lowest BCUT2D eigenvalue weighted by Crippen LogP contribution is -2.30. The van der Waals surface area contributed by atoms with E-state index in [-0.39, 0.29) is 11.9 Å². The molecular formula is C15H22N6O. The number of hydrogen-bond donors (Lipinski definition) is 1. The van der Waals surface area contributed by atoms with Gasteiger partial charge in [0.1, 0.15) is 5.82 Å². The van der Waals surface area contributed by atoms with Crippen LogP contribution in [0.2, 0.25) is 0 Å². The molecule has 1 unspecified atom stereocenters. The van der Waals surface area contributed by atoms with Gasteiger partial charge in [-0.2, -0.15) is 0 Å². The van der Waals surface area contributed by atoms with Crippen LogP contribution in [-0.2, 0) is 11.3 Å². The molecule has 0 aromatic carbocycles. The Morgan fingerprint density at radius 1 is 1.41 bits per heavy atom. The fourth-order valence-electron chi connectivity index (χ4n) is 2.26. The third-order valence-corrected chi connectivity index (χ3v) is 3.39. The van der Waals surface area contributed by atoms with E-state index in [9.17, 15) is 4.79 Å². The molecule has 7 heteroatoms. The van der Waals surface area contributed by atoms with E-state index < -0.39 is 0 Å². The molecule has 0 saturated carbocycles. The highest BCUT2D eigenvalue weighted by Crippen LogP contribution is 2.20. The van der Waals surface area contributed by atoms with Crippen molar-refractivity contribution in [1.29, 1.82) is 0 Å². The summed E-state index contributed by atoms with van der Waals surface area (Å²) >= 11 is 0. The van der Waals surface area contributed by atoms with Crippen molar-refractivity contribution < 1.29 is 4.79 Å². The Morgan fingerprint density at radius 2 is 2.23 bits per heavy atom. The van der Waals surface area contributed by atoms with Gasteiger partial charge in [0.15, 0.2) is 0 Å². The molecule has 1 amide bonds. The average molecular weight is 302 g/mol. The number of hydrogen-bond acceptors (Lipinski definition) is 5. The number of pyridine rings is 1. The Labute approximate surface area is 130 Å². The van der Waals surface area contributed by atoms with Gasteiger partial charge in [0.25, 0.3) is 0 Å². The average Bonchev–Trinajstić information content (AvgIpc) is 2.90. The van der Waals surface area contributed by atoms with Gasteiger partial charge in [-0.15, -0.1) is 5.10 Å². The molecule has 0 radical (unpaired) electrons. The van der Waals surface area contributed by atoms with Crippen LogP contribution in [0.15, 0.2) is 24.5 Å². The number of amides is 1. The molecule has 2 rings (SSSR count). The fourth-order valence-corrected chi connectivity index (χ4v) is 2.26. The van der Waals surface area contributed by atoms with Crippen LogP contribution in [0.4, 0.5) is 0 Å². The van der Waals surface area contributed by atoms with E-state index in [1.54, 1.807) is 17.1 Å². The quantitative estimate of drug-likeness (QED) is 0.841. The number of carbonyl (C=O) groups excluding carboxylic acids is 1. The molecule has 118 valence electrons. The van der Waals surface area contributed by atoms with E-state index >= 15 is 0 Å². The van der Waals surface area contributed by atoms with Crippen molar-refractivity contribution in [3.63, 3.8) is 0 Å². The second-order valence-corrected chi connectivity index (χ2v) is 5.74. The summed E-state index contributed by atoms with van der Waals surface area (Å²) < 4.78 is 1.63. The normalized spacial score (nSPS) is 12.4. The number of aryl methyl sites for hydroxylation is 2. The first-order valence-electron chi connectivity index (χ1n) is 7.48. The zero-order valence-electron chi connectivity index (χ0n) is 13.2. The molecule has 2 aromatic rings. The van der Waals surface area contributed by atoms with Crippen LogP contribution >= 0.6 is 0 Å². The van der Waals surface area contributed by atoms with Crippen LogP contribution in [-0.4, -0.2) is 31.1 Å². The minimum atomic E-state index is -0.0174. The number of tetrazole rings is 1. The van der Waals surface area contributed by atoms with Crippen LogP contribution in [0, 0.1) is 12.8 Å². The Morgan fingerprint density at radius 3 is 2.82 bits per heavy atom. The van der Waals surface area contributed by atoms with Crippen LogP contribution in [0.1, 0.15) is 44.1 Å². The molecule has 0 bridgehead atoms. The van der Waals surface area contributed by atoms with Crippen molar-refractivity contribution in [1.82, 2.24) is 30.5 Å². The van der Waals surface area contributed by atoms with E-state index in [0.717, 1.165) is 12.0 Å². The van der Waals surface area contributed by atoms with Crippen LogP contribution in [0.3, 0.4) is 0 Å². The van der Waals surface area contributed by atoms with Gasteiger partial charge < -0.3 is 5.32 Å². The summed E-state index contributed by atoms with van der Waals surface area (Å²) in [5, 5.41) is 14.3. The van der Waals surface area contributed by atoms with Crippen LogP contribution < -0.4 is 5.32 Å². The van der Waals surface area contributed by atoms with Gasteiger partial charge in [-0.25, -0.2) is 4.68 Å². The molecule has 2 aromatic heterocycles. The maximum absolute atomic E-state index is 12.2. The van der Waals surface area contributed by atoms with E-state index in [1.165, 1.54) is 0 Å². The third kappa shape index (κ3) is 4.61. The lowest BCUT2D eigenvalue weighted by atomic mass is 9.98. The first kappa shape index (κ1) is 16.1. The van der Waals surface area contributed by atoms with Gasteiger partial charge in [-0.3, -0.25) is 9.78 Å². The first-order valence-corrected chi connectivity index (χ1v) is 7.48. The molecule has 0 aliphatic rings. The van der Waals surface area contributed by atoms with Gasteiger partial charge in [0, 0.05) is 18.8 Å². The largest absolute Gasteiger partial charge is 0.349 e. The highest BCUT2D eigenvalue weighted by Gasteiger charge is 2.16. The van der Waals surface area contributed by atoms with Crippen LogP contribution in [0.5, 0.6) is 0 Å². The second kappa shape index (κ2) is 7.63. The summed E-state index contributed by atoms with van der Waals surface area (Å²) in [6.45, 7) is 6.57. The van der Waals surface area contributed by atoms with Crippen molar-refractivity contribution in [2.75, 3.05) is 0 Å².